The zero-order chi connectivity index (χ0) is 17.0. The molecule has 0 aliphatic rings. The number of sulfonamides is 1. The van der Waals surface area contributed by atoms with E-state index in [1.54, 1.807) is 31.2 Å². The maximum atomic E-state index is 12.4. The first-order chi connectivity index (χ1) is 10.8. The molecule has 1 aromatic carbocycles. The van der Waals surface area contributed by atoms with Gasteiger partial charge in [-0.15, -0.1) is 10.2 Å². The molecule has 0 unspecified atom stereocenters. The van der Waals surface area contributed by atoms with Crippen LogP contribution in [0.1, 0.15) is 19.4 Å². The molecule has 0 saturated carbocycles. The largest absolute Gasteiger partial charge is 0.497 e. The monoisotopic (exact) mass is 336 g/mol. The second-order valence-electron chi connectivity index (χ2n) is 5.34. The predicted octanol–water partition coefficient (Wildman–Crippen LogP) is 2.41. The third-order valence-electron chi connectivity index (χ3n) is 3.01. The van der Waals surface area contributed by atoms with Gasteiger partial charge in [0.2, 0.25) is 0 Å². The van der Waals surface area contributed by atoms with Gasteiger partial charge in [0.05, 0.1) is 12.0 Å². The van der Waals surface area contributed by atoms with Crippen LogP contribution >= 0.6 is 0 Å². The Kier molecular flexibility index (Phi) is 5.05. The lowest BCUT2D eigenvalue weighted by atomic mass is 10.2. The topological polar surface area (TPSA) is 93.2 Å². The third kappa shape index (κ3) is 4.32. The average Bonchev–Trinajstić information content (AvgIpc) is 2.48. The number of aryl methyl sites for hydroxylation is 1. The van der Waals surface area contributed by atoms with Gasteiger partial charge in [-0.25, -0.2) is 8.42 Å². The number of hydrogen-bond donors (Lipinski definition) is 2. The molecule has 1 heterocycles. The van der Waals surface area contributed by atoms with E-state index in [-0.39, 0.29) is 16.8 Å². The fourth-order valence-corrected chi connectivity index (χ4v) is 3.23. The summed E-state index contributed by atoms with van der Waals surface area (Å²) in [5, 5.41) is 10.9. The fraction of sp³-hybridized carbons (Fsp3) is 0.333. The van der Waals surface area contributed by atoms with E-state index in [4.69, 9.17) is 4.74 Å². The number of methoxy groups -OCH3 is 1. The summed E-state index contributed by atoms with van der Waals surface area (Å²) in [6.45, 7) is 5.66. The first kappa shape index (κ1) is 17.0. The summed E-state index contributed by atoms with van der Waals surface area (Å²) in [5.74, 6) is 1.35. The molecule has 23 heavy (non-hydrogen) atoms. The average molecular weight is 336 g/mol. The predicted molar refractivity (Wildman–Crippen MR) is 89.3 cm³/mol. The van der Waals surface area contributed by atoms with Crippen molar-refractivity contribution < 1.29 is 13.2 Å². The number of hydrogen-bond acceptors (Lipinski definition) is 6. The highest BCUT2D eigenvalue weighted by Crippen LogP contribution is 2.22. The number of ether oxygens (including phenoxy) is 1. The number of anilines is 2. The van der Waals surface area contributed by atoms with Crippen molar-refractivity contribution in [2.75, 3.05) is 17.1 Å². The zero-order valence-corrected chi connectivity index (χ0v) is 14.3. The molecule has 1 aromatic heterocycles. The molecule has 0 spiro atoms. The second kappa shape index (κ2) is 6.82. The minimum absolute atomic E-state index is 0.162. The molecule has 124 valence electrons. The number of nitrogens with zero attached hydrogens (tertiary/aromatic N) is 2. The summed E-state index contributed by atoms with van der Waals surface area (Å²) in [6, 6.07) is 8.21. The lowest BCUT2D eigenvalue weighted by Crippen LogP contribution is -2.16. The fourth-order valence-electron chi connectivity index (χ4n) is 2.00. The van der Waals surface area contributed by atoms with E-state index in [2.05, 4.69) is 20.2 Å². The van der Waals surface area contributed by atoms with Crippen molar-refractivity contribution in [3.8, 4) is 5.75 Å². The first-order valence-electron chi connectivity index (χ1n) is 7.09. The van der Waals surface area contributed by atoms with Gasteiger partial charge in [0.15, 0.2) is 5.82 Å². The molecule has 0 atom stereocenters. The minimum atomic E-state index is -3.73. The van der Waals surface area contributed by atoms with Crippen molar-refractivity contribution in [3.63, 3.8) is 0 Å². The van der Waals surface area contributed by atoms with Crippen LogP contribution in [0.2, 0.25) is 0 Å². The van der Waals surface area contributed by atoms with Crippen LogP contribution in [0.4, 0.5) is 11.6 Å². The van der Waals surface area contributed by atoms with Gasteiger partial charge in [-0.3, -0.25) is 4.72 Å². The highest BCUT2D eigenvalue weighted by Gasteiger charge is 2.18. The Labute approximate surface area is 136 Å². The quantitative estimate of drug-likeness (QED) is 0.841. The summed E-state index contributed by atoms with van der Waals surface area (Å²) < 4.78 is 32.4. The van der Waals surface area contributed by atoms with Crippen molar-refractivity contribution in [1.82, 2.24) is 10.2 Å². The Balaban J connectivity index is 2.21. The Morgan fingerprint density at radius 1 is 1.09 bits per heavy atom. The molecule has 0 fully saturated rings. The molecule has 8 heteroatoms. The normalized spacial score (nSPS) is 11.3. The summed E-state index contributed by atoms with van der Waals surface area (Å²) >= 11 is 0. The summed E-state index contributed by atoms with van der Waals surface area (Å²) in [4.78, 5) is 0.171. The molecule has 0 bridgehead atoms. The molecular weight excluding hydrogens is 316 g/mol. The van der Waals surface area contributed by atoms with Gasteiger partial charge in [0.25, 0.3) is 10.0 Å². The van der Waals surface area contributed by atoms with Gasteiger partial charge in [0.1, 0.15) is 11.6 Å². The maximum absolute atomic E-state index is 12.4. The van der Waals surface area contributed by atoms with Crippen LogP contribution in [0.25, 0.3) is 0 Å². The van der Waals surface area contributed by atoms with Crippen molar-refractivity contribution in [1.29, 1.82) is 0 Å². The van der Waals surface area contributed by atoms with Crippen LogP contribution in [0.15, 0.2) is 35.2 Å². The summed E-state index contributed by atoms with van der Waals surface area (Å²) in [5.41, 5.74) is 0.586. The van der Waals surface area contributed by atoms with E-state index < -0.39 is 10.0 Å². The minimum Gasteiger partial charge on any atom is -0.497 e. The Bertz CT molecular complexity index is 774. The molecule has 0 amide bonds. The Morgan fingerprint density at radius 2 is 1.74 bits per heavy atom. The van der Waals surface area contributed by atoms with Crippen molar-refractivity contribution in [3.05, 3.63) is 35.9 Å². The van der Waals surface area contributed by atoms with E-state index in [1.165, 1.54) is 13.2 Å². The molecule has 0 aliphatic carbocycles. The zero-order valence-electron chi connectivity index (χ0n) is 13.5. The lowest BCUT2D eigenvalue weighted by molar-refractivity contribution is 0.414. The molecule has 0 aliphatic heterocycles. The molecule has 0 radical (unpaired) electrons. The van der Waals surface area contributed by atoms with Crippen LogP contribution < -0.4 is 14.8 Å². The first-order valence-corrected chi connectivity index (χ1v) is 8.58. The van der Waals surface area contributed by atoms with Crippen molar-refractivity contribution in [2.45, 2.75) is 31.7 Å². The van der Waals surface area contributed by atoms with Gasteiger partial charge < -0.3 is 10.1 Å². The van der Waals surface area contributed by atoms with Crippen LogP contribution in [0, 0.1) is 6.92 Å². The van der Waals surface area contributed by atoms with Crippen LogP contribution in [0.3, 0.4) is 0 Å². The van der Waals surface area contributed by atoms with E-state index in [0.29, 0.717) is 17.1 Å². The van der Waals surface area contributed by atoms with Gasteiger partial charge in [-0.05, 0) is 56.7 Å². The van der Waals surface area contributed by atoms with E-state index in [1.807, 2.05) is 13.8 Å². The standard InChI is InChI=1S/C15H20N4O3S/c1-10(2)16-14-7-8-15(18-17-14)19-23(20,21)13-6-5-12(22-4)9-11(13)3/h5-10H,1-4H3,(H,16,17)(H,18,19). The molecular formula is C15H20N4O3S. The SMILES string of the molecule is COc1ccc(S(=O)(=O)Nc2ccc(NC(C)C)nn2)c(C)c1. The molecule has 2 rings (SSSR count). The van der Waals surface area contributed by atoms with Gasteiger partial charge in [-0.1, -0.05) is 0 Å². The van der Waals surface area contributed by atoms with Crippen LogP contribution in [-0.2, 0) is 10.0 Å². The number of nitrogens with one attached hydrogen (secondary N) is 2. The highest BCUT2D eigenvalue weighted by molar-refractivity contribution is 7.92. The smallest absolute Gasteiger partial charge is 0.263 e. The van der Waals surface area contributed by atoms with Gasteiger partial charge in [-0.2, -0.15) is 0 Å². The second-order valence-corrected chi connectivity index (χ2v) is 6.99. The van der Waals surface area contributed by atoms with Crippen molar-refractivity contribution >= 4 is 21.7 Å². The number of benzene rings is 1. The molecule has 0 saturated heterocycles. The number of rotatable bonds is 6. The van der Waals surface area contributed by atoms with E-state index in [9.17, 15) is 8.42 Å². The maximum Gasteiger partial charge on any atom is 0.263 e. The molecule has 2 N–H and O–H groups in total. The summed E-state index contributed by atoms with van der Waals surface area (Å²) in [7, 11) is -2.20. The van der Waals surface area contributed by atoms with Crippen molar-refractivity contribution in [2.24, 2.45) is 0 Å². The van der Waals surface area contributed by atoms with E-state index in [0.717, 1.165) is 0 Å². The Morgan fingerprint density at radius 3 is 2.26 bits per heavy atom. The highest BCUT2D eigenvalue weighted by atomic mass is 32.2. The van der Waals surface area contributed by atoms with Crippen LogP contribution in [-0.4, -0.2) is 31.8 Å². The summed E-state index contributed by atoms with van der Waals surface area (Å²) in [6.07, 6.45) is 0. The molecule has 2 aromatic rings. The van der Waals surface area contributed by atoms with Gasteiger partial charge in [0, 0.05) is 6.04 Å². The number of aromatic nitrogens is 2. The lowest BCUT2D eigenvalue weighted by Gasteiger charge is -2.11. The van der Waals surface area contributed by atoms with E-state index >= 15 is 0 Å². The Hall–Kier alpha value is -2.35. The van der Waals surface area contributed by atoms with Gasteiger partial charge >= 0.3 is 0 Å². The molecule has 7 nitrogen and oxygen atoms in total. The van der Waals surface area contributed by atoms with Crippen LogP contribution in [0.5, 0.6) is 5.75 Å². The third-order valence-corrected chi connectivity index (χ3v) is 4.53.